The smallest absolute Gasteiger partial charge is 0.135 e. The van der Waals surface area contributed by atoms with Gasteiger partial charge in [0.25, 0.3) is 0 Å². The summed E-state index contributed by atoms with van der Waals surface area (Å²) in [6.07, 6.45) is -1.44. The van der Waals surface area contributed by atoms with Crippen LogP contribution in [-0.4, -0.2) is 46.8 Å². The molecule has 46 heavy (non-hydrogen) atoms. The molecule has 1 aliphatic heterocycles. The summed E-state index contributed by atoms with van der Waals surface area (Å²) in [6.45, 7) is 3.52. The van der Waals surface area contributed by atoms with E-state index < -0.39 is 29.3 Å². The fourth-order valence-electron chi connectivity index (χ4n) is 6.20. The van der Waals surface area contributed by atoms with Gasteiger partial charge in [-0.3, -0.25) is 0 Å². The molecule has 0 saturated carbocycles. The molecular formula is C40H42O5S. The highest BCUT2D eigenvalue weighted by atomic mass is 32.2. The van der Waals surface area contributed by atoms with Crippen LogP contribution >= 0.6 is 11.8 Å². The van der Waals surface area contributed by atoms with E-state index in [1.807, 2.05) is 91.0 Å². The fraction of sp³-hybridized carbons (Fsp3) is 0.300. The van der Waals surface area contributed by atoms with Crippen molar-refractivity contribution in [1.29, 1.82) is 0 Å². The third kappa shape index (κ3) is 7.89. The van der Waals surface area contributed by atoms with Gasteiger partial charge in [-0.25, -0.2) is 0 Å². The summed E-state index contributed by atoms with van der Waals surface area (Å²) in [5, 5.41) is 15.2. The molecule has 1 N–H and O–H groups in total. The lowest BCUT2D eigenvalue weighted by Gasteiger charge is -2.51. The molecule has 5 atom stereocenters. The first-order chi connectivity index (χ1) is 22.6. The molecule has 1 saturated heterocycles. The van der Waals surface area contributed by atoms with Crippen LogP contribution in [0.3, 0.4) is 0 Å². The monoisotopic (exact) mass is 634 g/mol. The first-order valence-corrected chi connectivity index (χ1v) is 17.1. The molecule has 0 bridgehead atoms. The highest BCUT2D eigenvalue weighted by Gasteiger charge is 2.57. The summed E-state index contributed by atoms with van der Waals surface area (Å²) >= 11 is 1.60. The van der Waals surface area contributed by atoms with Crippen molar-refractivity contribution in [3.05, 3.63) is 156 Å². The largest absolute Gasteiger partial charge is 0.383 e. The summed E-state index contributed by atoms with van der Waals surface area (Å²) in [6, 6.07) is 44.9. The average molecular weight is 635 g/mol. The van der Waals surface area contributed by atoms with E-state index in [9.17, 15) is 5.11 Å². The van der Waals surface area contributed by atoms with Crippen LogP contribution in [0.5, 0.6) is 0 Å². The molecular weight excluding hydrogens is 593 g/mol. The normalized spacial score (nSPS) is 23.0. The summed E-state index contributed by atoms with van der Waals surface area (Å²) < 4.78 is 26.7. The Kier molecular flexibility index (Phi) is 11.2. The predicted octanol–water partition coefficient (Wildman–Crippen LogP) is 7.98. The topological polar surface area (TPSA) is 57.2 Å². The van der Waals surface area contributed by atoms with E-state index in [0.29, 0.717) is 32.8 Å². The summed E-state index contributed by atoms with van der Waals surface area (Å²) in [4.78, 5) is 0. The predicted molar refractivity (Wildman–Crippen MR) is 186 cm³/mol. The van der Waals surface area contributed by atoms with E-state index in [2.05, 4.69) is 49.4 Å². The second-order valence-corrected chi connectivity index (χ2v) is 13.1. The number of fused-ring (bicyclic) bond motifs is 1. The standard InChI is InChI=1S/C40H42O5S/c1-2-46-39-40(41,25-34-23-14-22-33-21-12-13-24-35(33)34)38(44-28-32-19-10-5-11-20-32)37(43-27-31-17-8-4-9-18-31)36(45-39)29-42-26-30-15-6-3-7-16-30/h3-24,36-39,41H,2,25-29H2,1H3/t36-,37-,38+,39-,40+/m1/s1. The fourth-order valence-corrected chi connectivity index (χ4v) is 7.23. The first-order valence-electron chi connectivity index (χ1n) is 16.0. The molecule has 0 aromatic heterocycles. The van der Waals surface area contributed by atoms with Gasteiger partial charge in [0, 0.05) is 6.42 Å². The minimum absolute atomic E-state index is 0.296. The summed E-state index contributed by atoms with van der Waals surface area (Å²) in [7, 11) is 0. The zero-order chi connectivity index (χ0) is 31.6. The maximum absolute atomic E-state index is 13.0. The van der Waals surface area contributed by atoms with Gasteiger partial charge in [-0.05, 0) is 38.8 Å². The van der Waals surface area contributed by atoms with Crippen LogP contribution in [-0.2, 0) is 45.2 Å². The van der Waals surface area contributed by atoms with E-state index in [1.54, 1.807) is 11.8 Å². The number of benzene rings is 5. The third-order valence-electron chi connectivity index (χ3n) is 8.49. The Balaban J connectivity index is 1.36. The lowest BCUT2D eigenvalue weighted by molar-refractivity contribution is -0.280. The van der Waals surface area contributed by atoms with Crippen molar-refractivity contribution in [3.63, 3.8) is 0 Å². The Hall–Kier alpha value is -3.49. The molecule has 238 valence electrons. The number of aliphatic hydroxyl groups is 1. The van der Waals surface area contributed by atoms with E-state index in [-0.39, 0.29) is 0 Å². The Bertz CT molecular complexity index is 1630. The number of hydrogen-bond acceptors (Lipinski definition) is 6. The zero-order valence-corrected chi connectivity index (χ0v) is 27.1. The minimum Gasteiger partial charge on any atom is -0.383 e. The van der Waals surface area contributed by atoms with Crippen molar-refractivity contribution < 1.29 is 24.1 Å². The van der Waals surface area contributed by atoms with Gasteiger partial charge in [0.05, 0.1) is 26.4 Å². The van der Waals surface area contributed by atoms with Gasteiger partial charge in [-0.15, -0.1) is 11.8 Å². The average Bonchev–Trinajstić information content (AvgIpc) is 3.10. The van der Waals surface area contributed by atoms with Gasteiger partial charge < -0.3 is 24.1 Å². The van der Waals surface area contributed by atoms with E-state index >= 15 is 0 Å². The van der Waals surface area contributed by atoms with Crippen LogP contribution < -0.4 is 0 Å². The lowest BCUT2D eigenvalue weighted by atomic mass is 9.81. The van der Waals surface area contributed by atoms with Gasteiger partial charge in [0.15, 0.2) is 0 Å². The maximum Gasteiger partial charge on any atom is 0.135 e. The van der Waals surface area contributed by atoms with Crippen molar-refractivity contribution in [3.8, 4) is 0 Å². The van der Waals surface area contributed by atoms with Gasteiger partial charge >= 0.3 is 0 Å². The molecule has 1 aliphatic rings. The molecule has 1 heterocycles. The van der Waals surface area contributed by atoms with Crippen molar-refractivity contribution in [2.24, 2.45) is 0 Å². The molecule has 0 spiro atoms. The van der Waals surface area contributed by atoms with Crippen LogP contribution in [0.4, 0.5) is 0 Å². The SMILES string of the molecule is CCS[C@H]1O[C@H](COCc2ccccc2)[C@@H](OCc2ccccc2)[C@H](OCc2ccccc2)[C@@]1(O)Cc1cccc2ccccc12. The Morgan fingerprint density at radius 2 is 1.24 bits per heavy atom. The van der Waals surface area contributed by atoms with Crippen LogP contribution in [0.25, 0.3) is 10.8 Å². The first kappa shape index (κ1) is 32.5. The van der Waals surface area contributed by atoms with E-state index in [1.165, 1.54) is 0 Å². The van der Waals surface area contributed by atoms with Crippen LogP contribution in [0, 0.1) is 0 Å². The number of hydrogen-bond donors (Lipinski definition) is 1. The van der Waals surface area contributed by atoms with E-state index in [4.69, 9.17) is 18.9 Å². The molecule has 0 amide bonds. The zero-order valence-electron chi connectivity index (χ0n) is 26.2. The molecule has 6 rings (SSSR count). The number of thioether (sulfide) groups is 1. The number of ether oxygens (including phenoxy) is 4. The van der Waals surface area contributed by atoms with Crippen molar-refractivity contribution in [1.82, 2.24) is 0 Å². The van der Waals surface area contributed by atoms with Gasteiger partial charge in [0.2, 0.25) is 0 Å². The van der Waals surface area contributed by atoms with Crippen molar-refractivity contribution in [2.45, 2.75) is 62.5 Å². The van der Waals surface area contributed by atoms with Gasteiger partial charge in [-0.2, -0.15) is 0 Å². The van der Waals surface area contributed by atoms with Gasteiger partial charge in [0.1, 0.15) is 29.3 Å². The van der Waals surface area contributed by atoms with Gasteiger partial charge in [-0.1, -0.05) is 140 Å². The number of rotatable bonds is 14. The summed E-state index contributed by atoms with van der Waals surface area (Å²) in [5.74, 6) is 0.765. The summed E-state index contributed by atoms with van der Waals surface area (Å²) in [5.41, 5.74) is 2.22. The van der Waals surface area contributed by atoms with Crippen molar-refractivity contribution >= 4 is 22.5 Å². The molecule has 5 aromatic rings. The van der Waals surface area contributed by atoms with Crippen LogP contribution in [0.1, 0.15) is 29.2 Å². The van der Waals surface area contributed by atoms with Crippen molar-refractivity contribution in [2.75, 3.05) is 12.4 Å². The molecule has 0 aliphatic carbocycles. The Morgan fingerprint density at radius 3 is 1.89 bits per heavy atom. The molecule has 1 fully saturated rings. The Morgan fingerprint density at radius 1 is 0.674 bits per heavy atom. The molecule has 0 radical (unpaired) electrons. The lowest BCUT2D eigenvalue weighted by Crippen LogP contribution is -2.68. The minimum atomic E-state index is -1.41. The maximum atomic E-state index is 13.0. The molecule has 6 heteroatoms. The van der Waals surface area contributed by atoms with E-state index in [0.717, 1.165) is 38.8 Å². The molecule has 5 nitrogen and oxygen atoms in total. The highest BCUT2D eigenvalue weighted by molar-refractivity contribution is 7.99. The molecule has 0 unspecified atom stereocenters. The van der Waals surface area contributed by atoms with Crippen LogP contribution in [0.15, 0.2) is 133 Å². The second kappa shape index (κ2) is 15.9. The highest BCUT2D eigenvalue weighted by Crippen LogP contribution is 2.42. The Labute approximate surface area is 276 Å². The molecule has 5 aromatic carbocycles. The third-order valence-corrected chi connectivity index (χ3v) is 9.64. The van der Waals surface area contributed by atoms with Crippen LogP contribution in [0.2, 0.25) is 0 Å². The second-order valence-electron chi connectivity index (χ2n) is 11.7. The quantitative estimate of drug-likeness (QED) is 0.134.